The van der Waals surface area contributed by atoms with Crippen LogP contribution in [-0.2, 0) is 11.3 Å². The predicted molar refractivity (Wildman–Crippen MR) is 141 cm³/mol. The Hall–Kier alpha value is -3.75. The van der Waals surface area contributed by atoms with Crippen molar-refractivity contribution in [2.24, 2.45) is 0 Å². The molecule has 5 aromatic rings. The quantitative estimate of drug-likeness (QED) is 0.337. The maximum Gasteiger partial charge on any atom is 0.271 e. The van der Waals surface area contributed by atoms with Gasteiger partial charge in [-0.25, -0.2) is 9.97 Å². The number of aromatic nitrogens is 3. The zero-order valence-corrected chi connectivity index (χ0v) is 20.8. The Balaban J connectivity index is 1.53. The highest BCUT2D eigenvalue weighted by Gasteiger charge is 2.18. The first-order chi connectivity index (χ1) is 16.9. The first kappa shape index (κ1) is 23.0. The fourth-order valence-corrected chi connectivity index (χ4v) is 5.32. The smallest absolute Gasteiger partial charge is 0.271 e. The standard InChI is InChI=1S/C26H21ClN4O3S/c1-14-9-19(20(34-3)11-18(14)27)30-21(32)12-31-13-28-23-22-17(16-7-5-4-6-8-16)10-15(2)29-25(22)35-24(23)26(31)33/h4-11,13H,12H2,1-3H3,(H,30,32). The van der Waals surface area contributed by atoms with Gasteiger partial charge in [-0.1, -0.05) is 41.9 Å². The normalized spacial score (nSPS) is 11.2. The molecule has 3 aromatic heterocycles. The molecule has 9 heteroatoms. The van der Waals surface area contributed by atoms with Crippen molar-refractivity contribution in [1.29, 1.82) is 0 Å². The summed E-state index contributed by atoms with van der Waals surface area (Å²) in [5, 5.41) is 4.18. The lowest BCUT2D eigenvalue weighted by molar-refractivity contribution is -0.116. The summed E-state index contributed by atoms with van der Waals surface area (Å²) in [7, 11) is 1.50. The molecule has 5 rings (SSSR count). The van der Waals surface area contributed by atoms with E-state index in [0.717, 1.165) is 32.6 Å². The number of hydrogen-bond donors (Lipinski definition) is 1. The van der Waals surface area contributed by atoms with E-state index in [4.69, 9.17) is 16.3 Å². The molecule has 0 atom stereocenters. The molecule has 0 saturated carbocycles. The lowest BCUT2D eigenvalue weighted by Gasteiger charge is -2.13. The number of halogens is 1. The number of pyridine rings is 1. The lowest BCUT2D eigenvalue weighted by atomic mass is 10.0. The van der Waals surface area contributed by atoms with E-state index in [2.05, 4.69) is 15.3 Å². The molecular weight excluding hydrogens is 484 g/mol. The summed E-state index contributed by atoms with van der Waals surface area (Å²) in [6.07, 6.45) is 1.41. The SMILES string of the molecule is COc1cc(Cl)c(C)cc1NC(=O)Cn1cnc2c(sc3nc(C)cc(-c4ccccc4)c32)c1=O. The summed E-state index contributed by atoms with van der Waals surface area (Å²) in [6.45, 7) is 3.57. The summed E-state index contributed by atoms with van der Waals surface area (Å²) in [4.78, 5) is 36.1. The van der Waals surface area contributed by atoms with Crippen LogP contribution >= 0.6 is 22.9 Å². The summed E-state index contributed by atoms with van der Waals surface area (Å²) >= 11 is 7.44. The van der Waals surface area contributed by atoms with Crippen LogP contribution in [0.1, 0.15) is 11.3 Å². The van der Waals surface area contributed by atoms with Gasteiger partial charge in [-0.05, 0) is 42.7 Å². The first-order valence-electron chi connectivity index (χ1n) is 10.8. The van der Waals surface area contributed by atoms with E-state index < -0.39 is 0 Å². The lowest BCUT2D eigenvalue weighted by Crippen LogP contribution is -2.27. The summed E-state index contributed by atoms with van der Waals surface area (Å²) in [5.74, 6) is 0.0580. The number of carbonyl (C=O) groups is 1. The van der Waals surface area contributed by atoms with E-state index in [1.165, 1.54) is 29.3 Å². The number of anilines is 1. The number of benzene rings is 2. The van der Waals surface area contributed by atoms with Crippen molar-refractivity contribution in [2.45, 2.75) is 20.4 Å². The van der Waals surface area contributed by atoms with Crippen LogP contribution in [0.5, 0.6) is 5.75 Å². The average molecular weight is 505 g/mol. The third kappa shape index (κ3) is 4.26. The molecule has 7 nitrogen and oxygen atoms in total. The van der Waals surface area contributed by atoms with Gasteiger partial charge in [0.05, 0.1) is 24.6 Å². The largest absolute Gasteiger partial charge is 0.495 e. The van der Waals surface area contributed by atoms with Gasteiger partial charge in [0.25, 0.3) is 5.56 Å². The van der Waals surface area contributed by atoms with E-state index >= 15 is 0 Å². The van der Waals surface area contributed by atoms with Crippen molar-refractivity contribution in [2.75, 3.05) is 12.4 Å². The Morgan fingerprint density at radius 1 is 1.17 bits per heavy atom. The maximum atomic E-state index is 13.3. The van der Waals surface area contributed by atoms with E-state index in [1.54, 1.807) is 12.1 Å². The summed E-state index contributed by atoms with van der Waals surface area (Å²) in [6, 6.07) is 15.3. The molecule has 0 unspecified atom stereocenters. The zero-order valence-electron chi connectivity index (χ0n) is 19.3. The minimum atomic E-state index is -0.381. The second-order valence-corrected chi connectivity index (χ2v) is 9.57. The molecule has 3 heterocycles. The Labute approximate surface area is 210 Å². The number of nitrogens with zero attached hydrogens (tertiary/aromatic N) is 3. The molecule has 176 valence electrons. The van der Waals surface area contributed by atoms with Crippen LogP contribution in [0, 0.1) is 13.8 Å². The van der Waals surface area contributed by atoms with Crippen LogP contribution in [0.25, 0.3) is 31.6 Å². The molecule has 0 aliphatic heterocycles. The van der Waals surface area contributed by atoms with Crippen molar-refractivity contribution in [3.63, 3.8) is 0 Å². The topological polar surface area (TPSA) is 86.1 Å². The Morgan fingerprint density at radius 2 is 1.94 bits per heavy atom. The number of thiophene rings is 1. The number of rotatable bonds is 5. The van der Waals surface area contributed by atoms with Gasteiger partial charge >= 0.3 is 0 Å². The minimum absolute atomic E-state index is 0.196. The third-order valence-corrected chi connectivity index (χ3v) is 7.17. The van der Waals surface area contributed by atoms with Crippen molar-refractivity contribution in [1.82, 2.24) is 14.5 Å². The number of amides is 1. The van der Waals surface area contributed by atoms with Gasteiger partial charge in [-0.2, -0.15) is 0 Å². The highest BCUT2D eigenvalue weighted by Crippen LogP contribution is 2.37. The van der Waals surface area contributed by atoms with Gasteiger partial charge in [0.2, 0.25) is 5.91 Å². The van der Waals surface area contributed by atoms with Gasteiger partial charge in [0.15, 0.2) is 0 Å². The van der Waals surface area contributed by atoms with Crippen LogP contribution < -0.4 is 15.6 Å². The van der Waals surface area contributed by atoms with Crippen molar-refractivity contribution in [3.05, 3.63) is 81.5 Å². The molecule has 0 spiro atoms. The van der Waals surface area contributed by atoms with Crippen LogP contribution in [0.4, 0.5) is 5.69 Å². The molecule has 2 aromatic carbocycles. The van der Waals surface area contributed by atoms with E-state index in [1.807, 2.05) is 50.2 Å². The molecule has 0 aliphatic rings. The molecule has 35 heavy (non-hydrogen) atoms. The summed E-state index contributed by atoms with van der Waals surface area (Å²) < 4.78 is 7.09. The van der Waals surface area contributed by atoms with Gasteiger partial charge in [0, 0.05) is 22.2 Å². The van der Waals surface area contributed by atoms with E-state index in [-0.39, 0.29) is 18.0 Å². The Bertz CT molecular complexity index is 1660. The third-order valence-electron chi connectivity index (χ3n) is 5.70. The molecule has 0 radical (unpaired) electrons. The first-order valence-corrected chi connectivity index (χ1v) is 12.0. The number of nitrogens with one attached hydrogen (secondary N) is 1. The van der Waals surface area contributed by atoms with Gasteiger partial charge in [-0.3, -0.25) is 14.2 Å². The Morgan fingerprint density at radius 3 is 2.69 bits per heavy atom. The minimum Gasteiger partial charge on any atom is -0.495 e. The number of methoxy groups -OCH3 is 1. The molecule has 0 aliphatic carbocycles. The van der Waals surface area contributed by atoms with Crippen molar-refractivity contribution < 1.29 is 9.53 Å². The molecule has 0 saturated heterocycles. The number of hydrogen-bond acceptors (Lipinski definition) is 6. The molecule has 1 N–H and O–H groups in total. The number of aryl methyl sites for hydroxylation is 2. The van der Waals surface area contributed by atoms with Gasteiger partial charge < -0.3 is 10.1 Å². The highest BCUT2D eigenvalue weighted by molar-refractivity contribution is 7.25. The van der Waals surface area contributed by atoms with Gasteiger partial charge in [0.1, 0.15) is 21.8 Å². The van der Waals surface area contributed by atoms with E-state index in [9.17, 15) is 9.59 Å². The van der Waals surface area contributed by atoms with Crippen LogP contribution in [0.3, 0.4) is 0 Å². The van der Waals surface area contributed by atoms with Crippen LogP contribution in [0.15, 0.2) is 59.7 Å². The highest BCUT2D eigenvalue weighted by atomic mass is 35.5. The molecule has 0 bridgehead atoms. The molecular formula is C26H21ClN4O3S. The zero-order chi connectivity index (χ0) is 24.7. The fourth-order valence-electron chi connectivity index (χ4n) is 4.02. The number of ether oxygens (including phenoxy) is 1. The second-order valence-electron chi connectivity index (χ2n) is 8.16. The molecule has 1 amide bonds. The fraction of sp³-hybridized carbons (Fsp3) is 0.154. The van der Waals surface area contributed by atoms with Crippen molar-refractivity contribution in [3.8, 4) is 16.9 Å². The van der Waals surface area contributed by atoms with Gasteiger partial charge in [-0.15, -0.1) is 11.3 Å². The predicted octanol–water partition coefficient (Wildman–Crippen LogP) is 5.59. The number of fused-ring (bicyclic) bond motifs is 3. The Kier molecular flexibility index (Phi) is 6.00. The maximum absolute atomic E-state index is 13.3. The summed E-state index contributed by atoms with van der Waals surface area (Å²) in [5.41, 5.74) is 4.44. The second kappa shape index (κ2) is 9.13. The van der Waals surface area contributed by atoms with Crippen LogP contribution in [-0.4, -0.2) is 27.6 Å². The number of carbonyl (C=O) groups excluding carboxylic acids is 1. The monoisotopic (exact) mass is 504 g/mol. The van der Waals surface area contributed by atoms with E-state index in [0.29, 0.717) is 26.7 Å². The molecule has 0 fully saturated rings. The van der Waals surface area contributed by atoms with Crippen LogP contribution in [0.2, 0.25) is 5.02 Å². The van der Waals surface area contributed by atoms with Crippen molar-refractivity contribution >= 4 is 55.0 Å². The average Bonchev–Trinajstić information content (AvgIpc) is 3.22.